The molecule has 0 amide bonds. The van der Waals surface area contributed by atoms with Crippen molar-refractivity contribution in [2.24, 2.45) is 0 Å². The number of thiazole rings is 1. The van der Waals surface area contributed by atoms with Crippen LogP contribution < -0.4 is 4.87 Å². The van der Waals surface area contributed by atoms with E-state index in [1.54, 1.807) is 0 Å². The minimum atomic E-state index is 0.116. The highest BCUT2D eigenvalue weighted by atomic mass is 32.1. The lowest BCUT2D eigenvalue weighted by atomic mass is 10.3. The molecule has 0 unspecified atom stereocenters. The van der Waals surface area contributed by atoms with Gasteiger partial charge in [0.15, 0.2) is 0 Å². The Labute approximate surface area is 116 Å². The van der Waals surface area contributed by atoms with Crippen LogP contribution >= 0.6 is 11.3 Å². The maximum Gasteiger partial charge on any atom is 0.307 e. The zero-order valence-corrected chi connectivity index (χ0v) is 12.2. The highest BCUT2D eigenvalue weighted by Gasteiger charge is 2.18. The van der Waals surface area contributed by atoms with E-state index in [4.69, 9.17) is 0 Å². The number of aromatic nitrogens is 3. The van der Waals surface area contributed by atoms with Crippen molar-refractivity contribution in [2.45, 2.75) is 52.1 Å². The van der Waals surface area contributed by atoms with Crippen LogP contribution in [0.25, 0.3) is 0 Å². The lowest BCUT2D eigenvalue weighted by Crippen LogP contribution is -2.16. The molecule has 5 heteroatoms. The second kappa shape index (κ2) is 4.96. The fourth-order valence-electron chi connectivity index (χ4n) is 2.77. The van der Waals surface area contributed by atoms with Gasteiger partial charge in [-0.1, -0.05) is 24.2 Å². The standard InChI is InChI=1S/C14H19N3OS/c1-10-11(2)19-14(18)16(10)9-12-7-8-17(15-12)13-5-3-4-6-13/h7-8,13H,3-6,9H2,1-2H3. The molecule has 0 spiro atoms. The van der Waals surface area contributed by atoms with Crippen LogP contribution in [0.2, 0.25) is 0 Å². The van der Waals surface area contributed by atoms with Gasteiger partial charge in [-0.05, 0) is 32.8 Å². The summed E-state index contributed by atoms with van der Waals surface area (Å²) in [6, 6.07) is 2.60. The van der Waals surface area contributed by atoms with Crippen LogP contribution in [0.1, 0.15) is 48.0 Å². The minimum Gasteiger partial charge on any atom is -0.297 e. The van der Waals surface area contributed by atoms with Crippen molar-refractivity contribution < 1.29 is 0 Å². The first kappa shape index (κ1) is 12.7. The Morgan fingerprint density at radius 3 is 2.74 bits per heavy atom. The van der Waals surface area contributed by atoms with Crippen molar-refractivity contribution in [3.63, 3.8) is 0 Å². The molecule has 19 heavy (non-hydrogen) atoms. The molecule has 3 rings (SSSR count). The molecule has 0 aliphatic heterocycles. The Morgan fingerprint density at radius 2 is 2.11 bits per heavy atom. The predicted octanol–water partition coefficient (Wildman–Crippen LogP) is 2.89. The molecule has 0 atom stereocenters. The van der Waals surface area contributed by atoms with Crippen molar-refractivity contribution >= 4 is 11.3 Å². The summed E-state index contributed by atoms with van der Waals surface area (Å²) in [5, 5.41) is 4.64. The van der Waals surface area contributed by atoms with E-state index in [1.165, 1.54) is 37.0 Å². The molecule has 0 N–H and O–H groups in total. The Kier molecular flexibility index (Phi) is 3.31. The lowest BCUT2D eigenvalue weighted by Gasteiger charge is -2.09. The van der Waals surface area contributed by atoms with Gasteiger partial charge in [0.2, 0.25) is 0 Å². The molecule has 0 aromatic carbocycles. The Balaban J connectivity index is 1.82. The number of nitrogens with zero attached hydrogens (tertiary/aromatic N) is 3. The quantitative estimate of drug-likeness (QED) is 0.865. The normalized spacial score (nSPS) is 16.3. The smallest absolute Gasteiger partial charge is 0.297 e. The molecule has 0 radical (unpaired) electrons. The molecule has 2 aromatic rings. The molecule has 0 bridgehead atoms. The van der Waals surface area contributed by atoms with Crippen molar-refractivity contribution in [2.75, 3.05) is 0 Å². The molecule has 2 aromatic heterocycles. The van der Waals surface area contributed by atoms with Crippen molar-refractivity contribution in [1.82, 2.24) is 14.3 Å². The highest BCUT2D eigenvalue weighted by Crippen LogP contribution is 2.28. The van der Waals surface area contributed by atoms with Gasteiger partial charge in [0.25, 0.3) is 0 Å². The molecule has 0 saturated heterocycles. The SMILES string of the molecule is Cc1sc(=O)n(Cc2ccn(C3CCCC3)n2)c1C. The van der Waals surface area contributed by atoms with Crippen molar-refractivity contribution in [3.05, 3.63) is 38.2 Å². The molecule has 1 aliphatic rings. The van der Waals surface area contributed by atoms with E-state index in [0.29, 0.717) is 12.6 Å². The average molecular weight is 277 g/mol. The largest absolute Gasteiger partial charge is 0.307 e. The molecule has 1 saturated carbocycles. The fraction of sp³-hybridized carbons (Fsp3) is 0.571. The van der Waals surface area contributed by atoms with Gasteiger partial charge in [0.05, 0.1) is 18.3 Å². The molecular formula is C14H19N3OS. The summed E-state index contributed by atoms with van der Waals surface area (Å²) in [6.07, 6.45) is 7.14. The number of hydrogen-bond acceptors (Lipinski definition) is 3. The summed E-state index contributed by atoms with van der Waals surface area (Å²) in [6.45, 7) is 4.59. The second-order valence-corrected chi connectivity index (χ2v) is 6.49. The van der Waals surface area contributed by atoms with E-state index in [0.717, 1.165) is 16.3 Å². The maximum atomic E-state index is 11.9. The third-order valence-corrected chi connectivity index (χ3v) is 5.05. The lowest BCUT2D eigenvalue weighted by molar-refractivity contribution is 0.461. The zero-order valence-electron chi connectivity index (χ0n) is 11.4. The summed E-state index contributed by atoms with van der Waals surface area (Å²) in [4.78, 5) is 13.1. The molecular weight excluding hydrogens is 258 g/mol. The van der Waals surface area contributed by atoms with Gasteiger partial charge in [-0.25, -0.2) is 0 Å². The summed E-state index contributed by atoms with van der Waals surface area (Å²) in [5.74, 6) is 0. The Morgan fingerprint density at radius 1 is 1.37 bits per heavy atom. The van der Waals surface area contributed by atoms with Crippen LogP contribution in [0.4, 0.5) is 0 Å². The van der Waals surface area contributed by atoms with E-state index >= 15 is 0 Å². The average Bonchev–Trinajstić information content (AvgIpc) is 3.08. The van der Waals surface area contributed by atoms with E-state index in [-0.39, 0.29) is 4.87 Å². The van der Waals surface area contributed by atoms with E-state index in [1.807, 2.05) is 24.5 Å². The molecule has 102 valence electrons. The van der Waals surface area contributed by atoms with Crippen LogP contribution in [-0.2, 0) is 6.54 Å². The van der Waals surface area contributed by atoms with Gasteiger partial charge in [-0.2, -0.15) is 5.10 Å². The summed E-state index contributed by atoms with van der Waals surface area (Å²) >= 11 is 1.32. The van der Waals surface area contributed by atoms with Gasteiger partial charge in [0.1, 0.15) is 0 Å². The van der Waals surface area contributed by atoms with Crippen LogP contribution in [0, 0.1) is 13.8 Å². The summed E-state index contributed by atoms with van der Waals surface area (Å²) < 4.78 is 3.91. The molecule has 2 heterocycles. The van der Waals surface area contributed by atoms with Crippen LogP contribution in [-0.4, -0.2) is 14.3 Å². The monoisotopic (exact) mass is 277 g/mol. The van der Waals surface area contributed by atoms with E-state index in [2.05, 4.69) is 16.0 Å². The maximum absolute atomic E-state index is 11.9. The summed E-state index contributed by atoms with van der Waals surface area (Å²) in [7, 11) is 0. The van der Waals surface area contributed by atoms with Crippen LogP contribution in [0.5, 0.6) is 0 Å². The first-order valence-corrected chi connectivity index (χ1v) is 7.67. The van der Waals surface area contributed by atoms with E-state index < -0.39 is 0 Å². The fourth-order valence-corrected chi connectivity index (χ4v) is 3.60. The van der Waals surface area contributed by atoms with Crippen molar-refractivity contribution in [3.8, 4) is 0 Å². The minimum absolute atomic E-state index is 0.116. The number of rotatable bonds is 3. The van der Waals surface area contributed by atoms with Gasteiger partial charge in [-0.3, -0.25) is 14.0 Å². The van der Waals surface area contributed by atoms with E-state index in [9.17, 15) is 4.79 Å². The van der Waals surface area contributed by atoms with Gasteiger partial charge < -0.3 is 0 Å². The highest BCUT2D eigenvalue weighted by molar-refractivity contribution is 7.09. The third kappa shape index (κ3) is 2.39. The number of aryl methyl sites for hydroxylation is 1. The topological polar surface area (TPSA) is 39.8 Å². The van der Waals surface area contributed by atoms with Crippen molar-refractivity contribution in [1.29, 1.82) is 0 Å². The number of hydrogen-bond donors (Lipinski definition) is 0. The Bertz CT molecular complexity index is 631. The van der Waals surface area contributed by atoms with Crippen LogP contribution in [0.15, 0.2) is 17.1 Å². The molecule has 4 nitrogen and oxygen atoms in total. The summed E-state index contributed by atoms with van der Waals surface area (Å²) in [5.41, 5.74) is 2.04. The zero-order chi connectivity index (χ0) is 13.4. The van der Waals surface area contributed by atoms with Crippen LogP contribution in [0.3, 0.4) is 0 Å². The third-order valence-electron chi connectivity index (χ3n) is 4.06. The molecule has 1 aliphatic carbocycles. The molecule has 1 fully saturated rings. The first-order chi connectivity index (χ1) is 9.15. The second-order valence-electron chi connectivity index (χ2n) is 5.32. The van der Waals surface area contributed by atoms with Gasteiger partial charge in [-0.15, -0.1) is 0 Å². The first-order valence-electron chi connectivity index (χ1n) is 6.86. The Hall–Kier alpha value is -1.36. The predicted molar refractivity (Wildman–Crippen MR) is 76.9 cm³/mol. The van der Waals surface area contributed by atoms with Gasteiger partial charge in [0, 0.05) is 16.8 Å². The van der Waals surface area contributed by atoms with Gasteiger partial charge >= 0.3 is 4.87 Å².